The number of hydrogen-bond acceptors (Lipinski definition) is 3. The topological polar surface area (TPSA) is 50.7 Å². The first-order chi connectivity index (χ1) is 10.1. The molecule has 0 atom stereocenters. The van der Waals surface area contributed by atoms with Gasteiger partial charge >= 0.3 is 0 Å². The predicted octanol–water partition coefficient (Wildman–Crippen LogP) is 2.91. The Hall–Kier alpha value is -2.62. The number of ether oxygens (including phenoxy) is 1. The summed E-state index contributed by atoms with van der Waals surface area (Å²) in [6.07, 6.45) is 0. The zero-order valence-corrected chi connectivity index (χ0v) is 12.2. The van der Waals surface area contributed by atoms with Gasteiger partial charge in [0, 0.05) is 0 Å². The van der Waals surface area contributed by atoms with Crippen LogP contribution in [-0.4, -0.2) is 18.2 Å². The molecule has 4 heteroatoms. The van der Waals surface area contributed by atoms with Crippen LogP contribution in [0.2, 0.25) is 0 Å². The molecule has 0 aliphatic rings. The minimum atomic E-state index is -0.285. The smallest absolute Gasteiger partial charge is 0.277 e. The van der Waals surface area contributed by atoms with Gasteiger partial charge in [-0.1, -0.05) is 42.5 Å². The Bertz CT molecular complexity index is 636. The van der Waals surface area contributed by atoms with Gasteiger partial charge in [0.25, 0.3) is 5.91 Å². The first-order valence-electron chi connectivity index (χ1n) is 6.73. The quantitative estimate of drug-likeness (QED) is 0.677. The summed E-state index contributed by atoms with van der Waals surface area (Å²) in [5, 5.41) is 4.06. The summed E-state index contributed by atoms with van der Waals surface area (Å²) in [6, 6.07) is 17.2. The molecule has 0 fully saturated rings. The van der Waals surface area contributed by atoms with Crippen LogP contribution in [0.4, 0.5) is 0 Å². The lowest BCUT2D eigenvalue weighted by molar-refractivity contribution is -0.123. The van der Waals surface area contributed by atoms with E-state index in [4.69, 9.17) is 4.74 Å². The molecule has 2 rings (SSSR count). The molecule has 4 nitrogen and oxygen atoms in total. The number of nitrogens with zero attached hydrogens (tertiary/aromatic N) is 1. The lowest BCUT2D eigenvalue weighted by atomic mass is 10.1. The van der Waals surface area contributed by atoms with Crippen molar-refractivity contribution in [1.82, 2.24) is 5.43 Å². The van der Waals surface area contributed by atoms with Crippen molar-refractivity contribution < 1.29 is 9.53 Å². The van der Waals surface area contributed by atoms with Crippen LogP contribution < -0.4 is 10.2 Å². The molecular formula is C17H18N2O2. The highest BCUT2D eigenvalue weighted by atomic mass is 16.5. The maximum atomic E-state index is 11.7. The van der Waals surface area contributed by atoms with E-state index in [1.165, 1.54) is 0 Å². The molecule has 21 heavy (non-hydrogen) atoms. The van der Waals surface area contributed by atoms with Crippen LogP contribution in [0.15, 0.2) is 59.7 Å². The van der Waals surface area contributed by atoms with E-state index in [0.29, 0.717) is 5.75 Å². The third-order valence-corrected chi connectivity index (χ3v) is 2.90. The predicted molar refractivity (Wildman–Crippen MR) is 83.5 cm³/mol. The van der Waals surface area contributed by atoms with Crippen molar-refractivity contribution >= 4 is 11.6 Å². The van der Waals surface area contributed by atoms with Crippen molar-refractivity contribution in [2.45, 2.75) is 13.8 Å². The number of carbonyl (C=O) groups excluding carboxylic acids is 1. The maximum Gasteiger partial charge on any atom is 0.277 e. The highest BCUT2D eigenvalue weighted by Crippen LogP contribution is 2.11. The summed E-state index contributed by atoms with van der Waals surface area (Å²) in [5.74, 6) is 0.390. The monoisotopic (exact) mass is 282 g/mol. The molecule has 108 valence electrons. The number of rotatable bonds is 5. The average Bonchev–Trinajstić information content (AvgIpc) is 2.51. The van der Waals surface area contributed by atoms with Gasteiger partial charge in [0.05, 0.1) is 5.71 Å². The number of carbonyl (C=O) groups is 1. The molecule has 0 saturated heterocycles. The Morgan fingerprint density at radius 1 is 1.14 bits per heavy atom. The van der Waals surface area contributed by atoms with Crippen molar-refractivity contribution in [3.8, 4) is 5.75 Å². The minimum Gasteiger partial charge on any atom is -0.484 e. The molecule has 0 heterocycles. The Balaban J connectivity index is 1.85. The molecule has 1 amide bonds. The summed E-state index contributed by atoms with van der Waals surface area (Å²) in [6.45, 7) is 3.76. The van der Waals surface area contributed by atoms with Crippen molar-refractivity contribution in [1.29, 1.82) is 0 Å². The van der Waals surface area contributed by atoms with Gasteiger partial charge < -0.3 is 4.74 Å². The molecule has 0 aliphatic carbocycles. The molecule has 0 aliphatic heterocycles. The van der Waals surface area contributed by atoms with Gasteiger partial charge in [0.2, 0.25) is 0 Å². The van der Waals surface area contributed by atoms with Crippen LogP contribution in [0.25, 0.3) is 0 Å². The number of aryl methyl sites for hydroxylation is 1. The molecule has 0 radical (unpaired) electrons. The normalized spacial score (nSPS) is 11.0. The highest BCUT2D eigenvalue weighted by molar-refractivity contribution is 5.99. The second-order valence-electron chi connectivity index (χ2n) is 4.70. The summed E-state index contributed by atoms with van der Waals surface area (Å²) < 4.78 is 5.41. The highest BCUT2D eigenvalue weighted by Gasteiger charge is 2.02. The van der Waals surface area contributed by atoms with Crippen molar-refractivity contribution in [2.75, 3.05) is 6.61 Å². The Morgan fingerprint density at radius 3 is 2.62 bits per heavy atom. The van der Waals surface area contributed by atoms with Gasteiger partial charge in [-0.05, 0) is 37.1 Å². The third kappa shape index (κ3) is 4.76. The third-order valence-electron chi connectivity index (χ3n) is 2.90. The van der Waals surface area contributed by atoms with Gasteiger partial charge in [-0.25, -0.2) is 5.43 Å². The van der Waals surface area contributed by atoms with Crippen LogP contribution in [0.3, 0.4) is 0 Å². The fourth-order valence-corrected chi connectivity index (χ4v) is 1.78. The molecule has 2 aromatic rings. The van der Waals surface area contributed by atoms with E-state index < -0.39 is 0 Å². The lowest BCUT2D eigenvalue weighted by Gasteiger charge is -2.06. The Kier molecular flexibility index (Phi) is 5.10. The largest absolute Gasteiger partial charge is 0.484 e. The van der Waals surface area contributed by atoms with E-state index in [9.17, 15) is 4.79 Å². The van der Waals surface area contributed by atoms with Gasteiger partial charge in [0.15, 0.2) is 6.61 Å². The second kappa shape index (κ2) is 7.24. The first-order valence-corrected chi connectivity index (χ1v) is 6.73. The molecule has 1 N–H and O–H groups in total. The summed E-state index contributed by atoms with van der Waals surface area (Å²) in [7, 11) is 0. The van der Waals surface area contributed by atoms with Crippen LogP contribution >= 0.6 is 0 Å². The van der Waals surface area contributed by atoms with Crippen LogP contribution in [0.1, 0.15) is 18.1 Å². The zero-order chi connectivity index (χ0) is 15.1. The zero-order valence-electron chi connectivity index (χ0n) is 12.2. The van der Waals surface area contributed by atoms with Gasteiger partial charge in [-0.3, -0.25) is 4.79 Å². The van der Waals surface area contributed by atoms with Crippen LogP contribution in [-0.2, 0) is 4.79 Å². The summed E-state index contributed by atoms with van der Waals surface area (Å²) >= 11 is 0. The average molecular weight is 282 g/mol. The SMILES string of the molecule is CC(=NNC(=O)COc1cccc(C)c1)c1ccccc1. The summed E-state index contributed by atoms with van der Waals surface area (Å²) in [4.78, 5) is 11.7. The summed E-state index contributed by atoms with van der Waals surface area (Å²) in [5.41, 5.74) is 5.30. The number of amides is 1. The van der Waals surface area contributed by atoms with Gasteiger partial charge in [-0.2, -0.15) is 5.10 Å². The van der Waals surface area contributed by atoms with E-state index in [0.717, 1.165) is 16.8 Å². The van der Waals surface area contributed by atoms with E-state index in [1.807, 2.05) is 68.4 Å². The lowest BCUT2D eigenvalue weighted by Crippen LogP contribution is -2.25. The fourth-order valence-electron chi connectivity index (χ4n) is 1.78. The van der Waals surface area contributed by atoms with E-state index in [2.05, 4.69) is 10.5 Å². The van der Waals surface area contributed by atoms with Crippen LogP contribution in [0, 0.1) is 6.92 Å². The number of benzene rings is 2. The molecule has 0 spiro atoms. The van der Waals surface area contributed by atoms with E-state index >= 15 is 0 Å². The standard InChI is InChI=1S/C17H18N2O2/c1-13-7-6-10-16(11-13)21-12-17(20)19-18-14(2)15-8-4-3-5-9-15/h3-11H,12H2,1-2H3,(H,19,20). The van der Waals surface area contributed by atoms with Crippen molar-refractivity contribution in [2.24, 2.45) is 5.10 Å². The number of hydrogen-bond donors (Lipinski definition) is 1. The van der Waals surface area contributed by atoms with Gasteiger partial charge in [-0.15, -0.1) is 0 Å². The maximum absolute atomic E-state index is 11.7. The van der Waals surface area contributed by atoms with E-state index in [-0.39, 0.29) is 12.5 Å². The van der Waals surface area contributed by atoms with Crippen molar-refractivity contribution in [3.05, 3.63) is 65.7 Å². The number of hydrazone groups is 1. The molecule has 0 saturated carbocycles. The molecule has 0 bridgehead atoms. The fraction of sp³-hybridized carbons (Fsp3) is 0.176. The molecule has 0 aromatic heterocycles. The Morgan fingerprint density at radius 2 is 1.90 bits per heavy atom. The first kappa shape index (κ1) is 14.8. The molecule has 0 unspecified atom stereocenters. The second-order valence-corrected chi connectivity index (χ2v) is 4.70. The van der Waals surface area contributed by atoms with Crippen LogP contribution in [0.5, 0.6) is 5.75 Å². The molecule has 2 aromatic carbocycles. The van der Waals surface area contributed by atoms with Crippen molar-refractivity contribution in [3.63, 3.8) is 0 Å². The minimum absolute atomic E-state index is 0.0605. The number of nitrogens with one attached hydrogen (secondary N) is 1. The van der Waals surface area contributed by atoms with Gasteiger partial charge in [0.1, 0.15) is 5.75 Å². The molecular weight excluding hydrogens is 264 g/mol. The Labute approximate surface area is 124 Å². The van der Waals surface area contributed by atoms with E-state index in [1.54, 1.807) is 0 Å².